The minimum absolute atomic E-state index is 0.252. The van der Waals surface area contributed by atoms with Crippen molar-refractivity contribution in [1.29, 1.82) is 0 Å². The lowest BCUT2D eigenvalue weighted by Gasteiger charge is -2.19. The molecule has 1 amide bonds. The summed E-state index contributed by atoms with van der Waals surface area (Å²) >= 11 is 0. The second-order valence-corrected chi connectivity index (χ2v) is 5.98. The van der Waals surface area contributed by atoms with E-state index in [0.29, 0.717) is 25.6 Å². The molecule has 0 bridgehead atoms. The van der Waals surface area contributed by atoms with Crippen molar-refractivity contribution in [2.24, 2.45) is 5.92 Å². The summed E-state index contributed by atoms with van der Waals surface area (Å²) in [7, 11) is 0. The molecule has 1 aromatic heterocycles. The Labute approximate surface area is 123 Å². The molecule has 0 N–H and O–H groups in total. The van der Waals surface area contributed by atoms with Gasteiger partial charge < -0.3 is 9.64 Å². The van der Waals surface area contributed by atoms with Crippen LogP contribution in [-0.4, -0.2) is 28.9 Å². The molecule has 2 aliphatic rings. The fraction of sp³-hybridized carbons (Fsp3) is 0.412. The fourth-order valence-corrected chi connectivity index (χ4v) is 2.93. The number of carbonyl (C=O) groups is 1. The van der Waals surface area contributed by atoms with E-state index < -0.39 is 0 Å². The average molecular weight is 282 g/mol. The quantitative estimate of drug-likeness (QED) is 0.807. The molecule has 0 unspecified atom stereocenters. The molecule has 0 atom stereocenters. The molecule has 1 saturated carbocycles. The van der Waals surface area contributed by atoms with Gasteiger partial charge in [0.05, 0.1) is 18.6 Å². The predicted octanol–water partition coefficient (Wildman–Crippen LogP) is 2.67. The van der Waals surface area contributed by atoms with Gasteiger partial charge in [0.15, 0.2) is 0 Å². The average Bonchev–Trinajstić information content (AvgIpc) is 3.31. The van der Waals surface area contributed by atoms with Crippen molar-refractivity contribution < 1.29 is 9.53 Å². The number of fused-ring (bicyclic) bond motifs is 2. The number of pyridine rings is 1. The largest absolute Gasteiger partial charge is 0.476 e. The third-order valence-electron chi connectivity index (χ3n) is 4.29. The first-order valence-electron chi connectivity index (χ1n) is 7.53. The van der Waals surface area contributed by atoms with Crippen LogP contribution in [0.4, 0.5) is 0 Å². The molecule has 0 radical (unpaired) electrons. The second-order valence-electron chi connectivity index (χ2n) is 5.98. The summed E-state index contributed by atoms with van der Waals surface area (Å²) in [6, 6.07) is 8.27. The normalized spacial score (nSPS) is 18.0. The number of hydrogen-bond acceptors (Lipinski definition) is 3. The van der Waals surface area contributed by atoms with Crippen molar-refractivity contribution in [1.82, 2.24) is 9.88 Å². The Morgan fingerprint density at radius 2 is 2.24 bits per heavy atom. The van der Waals surface area contributed by atoms with E-state index in [0.717, 1.165) is 34.9 Å². The third-order valence-corrected chi connectivity index (χ3v) is 4.29. The molecule has 21 heavy (non-hydrogen) atoms. The number of ether oxygens (including phenoxy) is 1. The van der Waals surface area contributed by atoms with Gasteiger partial charge in [-0.2, -0.15) is 0 Å². The van der Waals surface area contributed by atoms with Crippen LogP contribution in [-0.2, 0) is 11.3 Å². The fourth-order valence-electron chi connectivity index (χ4n) is 2.93. The van der Waals surface area contributed by atoms with Gasteiger partial charge in [-0.05, 0) is 31.4 Å². The van der Waals surface area contributed by atoms with E-state index in [9.17, 15) is 4.79 Å². The van der Waals surface area contributed by atoms with Crippen LogP contribution in [0.3, 0.4) is 0 Å². The molecule has 0 spiro atoms. The predicted molar refractivity (Wildman–Crippen MR) is 80.1 cm³/mol. The summed E-state index contributed by atoms with van der Waals surface area (Å²) in [5.74, 6) is 1.21. The van der Waals surface area contributed by atoms with E-state index in [-0.39, 0.29) is 11.8 Å². The molecule has 0 saturated heterocycles. The standard InChI is InChI=1S/C17H18N2O2/c1-11-3-2-4-13-9-14-10-19(17(20)12-5-6-12)7-8-21-16(14)18-15(11)13/h2-4,9,12H,5-8,10H2,1H3. The highest BCUT2D eigenvalue weighted by Gasteiger charge is 2.34. The van der Waals surface area contributed by atoms with Crippen LogP contribution in [0, 0.1) is 12.8 Å². The van der Waals surface area contributed by atoms with Gasteiger partial charge in [0.2, 0.25) is 11.8 Å². The Kier molecular flexibility index (Phi) is 2.84. The van der Waals surface area contributed by atoms with Crippen LogP contribution in [0.15, 0.2) is 24.3 Å². The van der Waals surface area contributed by atoms with Crippen LogP contribution in [0.2, 0.25) is 0 Å². The van der Waals surface area contributed by atoms with E-state index in [1.807, 2.05) is 11.0 Å². The van der Waals surface area contributed by atoms with Crippen molar-refractivity contribution in [3.8, 4) is 5.88 Å². The molecular formula is C17H18N2O2. The number of nitrogens with zero attached hydrogens (tertiary/aromatic N) is 2. The van der Waals surface area contributed by atoms with Gasteiger partial charge in [-0.25, -0.2) is 4.98 Å². The molecule has 4 heteroatoms. The number of amides is 1. The van der Waals surface area contributed by atoms with Crippen molar-refractivity contribution in [3.63, 3.8) is 0 Å². The smallest absolute Gasteiger partial charge is 0.226 e. The molecule has 4 nitrogen and oxygen atoms in total. The van der Waals surface area contributed by atoms with Gasteiger partial charge in [0.1, 0.15) is 6.61 Å². The molecule has 2 aromatic rings. The topological polar surface area (TPSA) is 42.4 Å². The zero-order chi connectivity index (χ0) is 14.4. The Balaban J connectivity index is 1.74. The number of carbonyl (C=O) groups excluding carboxylic acids is 1. The van der Waals surface area contributed by atoms with E-state index in [2.05, 4.69) is 30.1 Å². The molecule has 1 fully saturated rings. The molecule has 108 valence electrons. The number of benzene rings is 1. The van der Waals surface area contributed by atoms with Crippen molar-refractivity contribution in [3.05, 3.63) is 35.4 Å². The Bertz CT molecular complexity index is 722. The van der Waals surface area contributed by atoms with Crippen LogP contribution in [0.5, 0.6) is 5.88 Å². The molecule has 1 aliphatic carbocycles. The molecule has 1 aliphatic heterocycles. The first-order chi connectivity index (χ1) is 10.2. The van der Waals surface area contributed by atoms with E-state index in [1.54, 1.807) is 0 Å². The molecule has 4 rings (SSSR count). The summed E-state index contributed by atoms with van der Waals surface area (Å²) < 4.78 is 5.79. The maximum absolute atomic E-state index is 12.3. The summed E-state index contributed by atoms with van der Waals surface area (Å²) in [5.41, 5.74) is 3.15. The lowest BCUT2D eigenvalue weighted by atomic mass is 10.1. The van der Waals surface area contributed by atoms with Crippen molar-refractivity contribution in [2.75, 3.05) is 13.2 Å². The molecular weight excluding hydrogens is 264 g/mol. The highest BCUT2D eigenvalue weighted by atomic mass is 16.5. The van der Waals surface area contributed by atoms with Crippen molar-refractivity contribution >= 4 is 16.8 Å². The summed E-state index contributed by atoms with van der Waals surface area (Å²) in [6.07, 6.45) is 2.08. The molecule has 1 aromatic carbocycles. The minimum Gasteiger partial charge on any atom is -0.476 e. The minimum atomic E-state index is 0.252. The maximum atomic E-state index is 12.3. The van der Waals surface area contributed by atoms with Crippen LogP contribution in [0.25, 0.3) is 10.9 Å². The van der Waals surface area contributed by atoms with Gasteiger partial charge in [-0.1, -0.05) is 18.2 Å². The first-order valence-corrected chi connectivity index (χ1v) is 7.53. The van der Waals surface area contributed by atoms with E-state index >= 15 is 0 Å². The number of para-hydroxylation sites is 1. The maximum Gasteiger partial charge on any atom is 0.226 e. The highest BCUT2D eigenvalue weighted by molar-refractivity contribution is 5.84. The Hall–Kier alpha value is -2.10. The first kappa shape index (κ1) is 12.6. The van der Waals surface area contributed by atoms with Crippen LogP contribution in [0.1, 0.15) is 24.0 Å². The zero-order valence-corrected chi connectivity index (χ0v) is 12.1. The number of aryl methyl sites for hydroxylation is 1. The van der Waals surface area contributed by atoms with Gasteiger partial charge in [0, 0.05) is 16.9 Å². The number of aromatic nitrogens is 1. The number of rotatable bonds is 1. The SMILES string of the molecule is Cc1cccc2cc3c(nc12)OCCN(C(=O)C1CC1)C3. The lowest BCUT2D eigenvalue weighted by molar-refractivity contribution is -0.133. The van der Waals surface area contributed by atoms with Gasteiger partial charge >= 0.3 is 0 Å². The zero-order valence-electron chi connectivity index (χ0n) is 12.1. The summed E-state index contributed by atoms with van der Waals surface area (Å²) in [4.78, 5) is 18.9. The van der Waals surface area contributed by atoms with Gasteiger partial charge in [-0.3, -0.25) is 4.79 Å². The van der Waals surface area contributed by atoms with Gasteiger partial charge in [0.25, 0.3) is 0 Å². The van der Waals surface area contributed by atoms with E-state index in [1.165, 1.54) is 0 Å². The van der Waals surface area contributed by atoms with Gasteiger partial charge in [-0.15, -0.1) is 0 Å². The van der Waals surface area contributed by atoms with E-state index in [4.69, 9.17) is 4.74 Å². The van der Waals surface area contributed by atoms with Crippen LogP contribution >= 0.6 is 0 Å². The number of hydrogen-bond donors (Lipinski definition) is 0. The van der Waals surface area contributed by atoms with Crippen LogP contribution < -0.4 is 4.74 Å². The Morgan fingerprint density at radius 3 is 3.05 bits per heavy atom. The summed E-state index contributed by atoms with van der Waals surface area (Å²) in [5, 5.41) is 1.11. The summed E-state index contributed by atoms with van der Waals surface area (Å²) in [6.45, 7) is 3.85. The Morgan fingerprint density at radius 1 is 1.38 bits per heavy atom. The lowest BCUT2D eigenvalue weighted by Crippen LogP contribution is -2.33. The molecule has 2 heterocycles. The third kappa shape index (κ3) is 2.24. The highest BCUT2D eigenvalue weighted by Crippen LogP contribution is 2.33. The second kappa shape index (κ2) is 4.72. The monoisotopic (exact) mass is 282 g/mol. The van der Waals surface area contributed by atoms with Crippen molar-refractivity contribution in [2.45, 2.75) is 26.3 Å².